The third-order valence-corrected chi connectivity index (χ3v) is 3.84. The largest absolute Gasteiger partial charge is 0.438 e. The van der Waals surface area contributed by atoms with Crippen molar-refractivity contribution in [2.45, 2.75) is 0 Å². The van der Waals surface area contributed by atoms with Gasteiger partial charge < -0.3 is 4.74 Å². The summed E-state index contributed by atoms with van der Waals surface area (Å²) in [6, 6.07) is 19.0. The van der Waals surface area contributed by atoms with E-state index < -0.39 is 0 Å². The van der Waals surface area contributed by atoms with Crippen molar-refractivity contribution in [1.29, 1.82) is 0 Å². The van der Waals surface area contributed by atoms with Crippen molar-refractivity contribution in [3.8, 4) is 23.0 Å². The molecule has 0 saturated carbocycles. The zero-order valence-electron chi connectivity index (χ0n) is 10.8. The standard InChI is InChI=1S/C16H10ClIN2O/c17-14-10-15(21-13-9-5-4-8-12(13)18)20-16(19-14)11-6-2-1-3-7-11/h1-10H. The molecule has 0 atom stereocenters. The van der Waals surface area contributed by atoms with Crippen LogP contribution in [0.5, 0.6) is 11.6 Å². The Bertz CT molecular complexity index is 765. The van der Waals surface area contributed by atoms with E-state index in [1.165, 1.54) is 0 Å². The number of halogens is 2. The summed E-state index contributed by atoms with van der Waals surface area (Å²) in [5.74, 6) is 1.72. The molecule has 0 amide bonds. The van der Waals surface area contributed by atoms with Gasteiger partial charge in [-0.3, -0.25) is 0 Å². The van der Waals surface area contributed by atoms with Crippen molar-refractivity contribution in [3.63, 3.8) is 0 Å². The Morgan fingerprint density at radius 1 is 0.905 bits per heavy atom. The van der Waals surface area contributed by atoms with Crippen LogP contribution in [-0.4, -0.2) is 9.97 Å². The number of nitrogens with zero attached hydrogens (tertiary/aromatic N) is 2. The Morgan fingerprint density at radius 3 is 2.38 bits per heavy atom. The fourth-order valence-corrected chi connectivity index (χ4v) is 2.48. The van der Waals surface area contributed by atoms with E-state index in [0.717, 1.165) is 14.9 Å². The Morgan fingerprint density at radius 2 is 1.62 bits per heavy atom. The molecule has 1 aromatic heterocycles. The highest BCUT2D eigenvalue weighted by atomic mass is 127. The van der Waals surface area contributed by atoms with Crippen LogP contribution in [0.1, 0.15) is 0 Å². The zero-order valence-corrected chi connectivity index (χ0v) is 13.7. The normalized spacial score (nSPS) is 10.4. The first-order valence-corrected chi connectivity index (χ1v) is 7.70. The highest BCUT2D eigenvalue weighted by molar-refractivity contribution is 14.1. The topological polar surface area (TPSA) is 35.0 Å². The predicted molar refractivity (Wildman–Crippen MR) is 91.7 cm³/mol. The van der Waals surface area contributed by atoms with Gasteiger partial charge >= 0.3 is 0 Å². The van der Waals surface area contributed by atoms with Gasteiger partial charge in [-0.1, -0.05) is 54.1 Å². The van der Waals surface area contributed by atoms with Crippen LogP contribution in [0.25, 0.3) is 11.4 Å². The van der Waals surface area contributed by atoms with E-state index in [0.29, 0.717) is 16.9 Å². The summed E-state index contributed by atoms with van der Waals surface area (Å²) < 4.78 is 6.81. The van der Waals surface area contributed by atoms with Crippen LogP contribution in [0.4, 0.5) is 0 Å². The molecule has 2 aromatic carbocycles. The Hall–Kier alpha value is -1.66. The van der Waals surface area contributed by atoms with Gasteiger partial charge in [0.15, 0.2) is 5.82 Å². The first-order chi connectivity index (χ1) is 10.2. The molecule has 5 heteroatoms. The molecule has 0 aliphatic carbocycles. The van der Waals surface area contributed by atoms with Gasteiger partial charge in [-0.25, -0.2) is 4.98 Å². The Balaban J connectivity index is 1.97. The van der Waals surface area contributed by atoms with Crippen LogP contribution in [-0.2, 0) is 0 Å². The number of benzene rings is 2. The van der Waals surface area contributed by atoms with E-state index in [1.54, 1.807) is 6.07 Å². The maximum Gasteiger partial charge on any atom is 0.224 e. The van der Waals surface area contributed by atoms with Crippen LogP contribution < -0.4 is 4.74 Å². The smallest absolute Gasteiger partial charge is 0.224 e. The van der Waals surface area contributed by atoms with E-state index in [4.69, 9.17) is 16.3 Å². The lowest BCUT2D eigenvalue weighted by Crippen LogP contribution is -1.95. The minimum Gasteiger partial charge on any atom is -0.438 e. The van der Waals surface area contributed by atoms with Crippen LogP contribution in [0.2, 0.25) is 5.15 Å². The Kier molecular flexibility index (Phi) is 4.36. The molecule has 3 aromatic rings. The highest BCUT2D eigenvalue weighted by Crippen LogP contribution is 2.28. The molecule has 0 aliphatic rings. The lowest BCUT2D eigenvalue weighted by molar-refractivity contribution is 0.459. The first-order valence-electron chi connectivity index (χ1n) is 6.25. The van der Waals surface area contributed by atoms with Crippen molar-refractivity contribution in [2.75, 3.05) is 0 Å². The minimum absolute atomic E-state index is 0.352. The molecule has 0 saturated heterocycles. The summed E-state index contributed by atoms with van der Waals surface area (Å²) in [6.45, 7) is 0. The SMILES string of the molecule is Clc1cc(Oc2ccccc2I)nc(-c2ccccc2)n1. The lowest BCUT2D eigenvalue weighted by atomic mass is 10.2. The number of rotatable bonds is 3. The van der Waals surface area contributed by atoms with Gasteiger partial charge in [0, 0.05) is 11.6 Å². The fourth-order valence-electron chi connectivity index (χ4n) is 1.81. The molecule has 0 N–H and O–H groups in total. The summed E-state index contributed by atoms with van der Waals surface area (Å²) in [7, 11) is 0. The number of para-hydroxylation sites is 1. The summed E-state index contributed by atoms with van der Waals surface area (Å²) in [5, 5.41) is 0.352. The van der Waals surface area contributed by atoms with Crippen LogP contribution in [0.3, 0.4) is 0 Å². The molecule has 21 heavy (non-hydrogen) atoms. The van der Waals surface area contributed by atoms with E-state index in [-0.39, 0.29) is 0 Å². The molecule has 0 fully saturated rings. The van der Waals surface area contributed by atoms with Gasteiger partial charge in [0.1, 0.15) is 10.9 Å². The first kappa shape index (κ1) is 14.3. The number of aromatic nitrogens is 2. The van der Waals surface area contributed by atoms with Crippen molar-refractivity contribution >= 4 is 34.2 Å². The molecule has 104 valence electrons. The van der Waals surface area contributed by atoms with E-state index in [9.17, 15) is 0 Å². The number of hydrogen-bond acceptors (Lipinski definition) is 3. The average Bonchev–Trinajstić information content (AvgIpc) is 2.50. The van der Waals surface area contributed by atoms with Crippen molar-refractivity contribution in [1.82, 2.24) is 9.97 Å². The maximum atomic E-state index is 6.07. The van der Waals surface area contributed by atoms with Gasteiger partial charge in [-0.2, -0.15) is 4.98 Å². The molecule has 0 bridgehead atoms. The molecule has 0 aliphatic heterocycles. The van der Waals surface area contributed by atoms with E-state index in [2.05, 4.69) is 32.6 Å². The molecule has 3 rings (SSSR count). The van der Waals surface area contributed by atoms with E-state index in [1.807, 2.05) is 54.6 Å². The van der Waals surface area contributed by atoms with Crippen molar-refractivity contribution in [2.24, 2.45) is 0 Å². The second kappa shape index (κ2) is 6.41. The quantitative estimate of drug-likeness (QED) is 0.442. The van der Waals surface area contributed by atoms with Crippen molar-refractivity contribution in [3.05, 3.63) is 69.4 Å². The van der Waals surface area contributed by atoms with Gasteiger partial charge in [0.05, 0.1) is 3.57 Å². The van der Waals surface area contributed by atoms with Gasteiger partial charge in [0.25, 0.3) is 0 Å². The maximum absolute atomic E-state index is 6.07. The molecule has 0 unspecified atom stereocenters. The summed E-state index contributed by atoms with van der Waals surface area (Å²) in [4.78, 5) is 8.66. The fraction of sp³-hybridized carbons (Fsp3) is 0. The lowest BCUT2D eigenvalue weighted by Gasteiger charge is -2.08. The molecular weight excluding hydrogens is 399 g/mol. The monoisotopic (exact) mass is 408 g/mol. The van der Waals surface area contributed by atoms with Crippen LogP contribution in [0, 0.1) is 3.57 Å². The van der Waals surface area contributed by atoms with Gasteiger partial charge in [0.2, 0.25) is 5.88 Å². The molecular formula is C16H10ClIN2O. The molecule has 3 nitrogen and oxygen atoms in total. The highest BCUT2D eigenvalue weighted by Gasteiger charge is 2.08. The zero-order chi connectivity index (χ0) is 14.7. The van der Waals surface area contributed by atoms with Crippen LogP contribution in [0.15, 0.2) is 60.7 Å². The summed E-state index contributed by atoms with van der Waals surface area (Å²) in [5.41, 5.74) is 0.896. The average molecular weight is 409 g/mol. The number of hydrogen-bond donors (Lipinski definition) is 0. The minimum atomic E-state index is 0.352. The Labute approximate surface area is 141 Å². The molecule has 0 spiro atoms. The van der Waals surface area contributed by atoms with Gasteiger partial charge in [-0.15, -0.1) is 0 Å². The summed E-state index contributed by atoms with van der Waals surface area (Å²) in [6.07, 6.45) is 0. The van der Waals surface area contributed by atoms with E-state index >= 15 is 0 Å². The van der Waals surface area contributed by atoms with Gasteiger partial charge in [-0.05, 0) is 34.7 Å². The second-order valence-electron chi connectivity index (χ2n) is 4.25. The predicted octanol–water partition coefficient (Wildman–Crippen LogP) is 5.19. The summed E-state index contributed by atoms with van der Waals surface area (Å²) >= 11 is 8.29. The third kappa shape index (κ3) is 3.51. The third-order valence-electron chi connectivity index (χ3n) is 2.75. The molecule has 1 heterocycles. The second-order valence-corrected chi connectivity index (χ2v) is 5.80. The number of ether oxygens (including phenoxy) is 1. The van der Waals surface area contributed by atoms with Crippen LogP contribution >= 0.6 is 34.2 Å². The molecule has 0 radical (unpaired) electrons. The van der Waals surface area contributed by atoms with Crippen molar-refractivity contribution < 1.29 is 4.74 Å².